The summed E-state index contributed by atoms with van der Waals surface area (Å²) in [5.41, 5.74) is 0. The highest BCUT2D eigenvalue weighted by atomic mass is 28.3. The van der Waals surface area contributed by atoms with E-state index in [-0.39, 0.29) is 0 Å². The van der Waals surface area contributed by atoms with Crippen LogP contribution in [0.25, 0.3) is 0 Å². The predicted molar refractivity (Wildman–Crippen MR) is 46.4 cm³/mol. The van der Waals surface area contributed by atoms with Gasteiger partial charge in [0.25, 0.3) is 0 Å². The fourth-order valence-electron chi connectivity index (χ4n) is 0.295. The summed E-state index contributed by atoms with van der Waals surface area (Å²) in [7, 11) is -2.00. The molecular weight excluding hydrogens is 146 g/mol. The summed E-state index contributed by atoms with van der Waals surface area (Å²) in [5.74, 6) is 0. The Bertz CT molecular complexity index is 79.5. The largest absolute Gasteiger partial charge is 0.357 e. The topological polar surface area (TPSA) is 21.3 Å². The molecular formula is C5H17NOSi2. The average molecular weight is 163 g/mol. The molecule has 0 aliphatic heterocycles. The maximum absolute atomic E-state index is 5.36. The van der Waals surface area contributed by atoms with Crippen molar-refractivity contribution in [3.63, 3.8) is 0 Å². The van der Waals surface area contributed by atoms with Crippen molar-refractivity contribution in [3.8, 4) is 0 Å². The Labute approximate surface area is 60.4 Å². The summed E-state index contributed by atoms with van der Waals surface area (Å²) in [6.07, 6.45) is 0. The molecule has 0 rings (SSSR count). The normalized spacial score (nSPS) is 12.7. The van der Waals surface area contributed by atoms with E-state index < -0.39 is 17.3 Å². The molecule has 9 heavy (non-hydrogen) atoms. The molecule has 0 atom stereocenters. The molecule has 0 radical (unpaired) electrons. The molecule has 2 nitrogen and oxygen atoms in total. The van der Waals surface area contributed by atoms with Gasteiger partial charge in [0.05, 0.1) is 0 Å². The first-order valence-corrected chi connectivity index (χ1v) is 9.63. The Morgan fingerprint density at radius 3 is 1.78 bits per heavy atom. The molecule has 0 aliphatic rings. The third-order valence-electron chi connectivity index (χ3n) is 0.601. The molecule has 0 amide bonds. The van der Waals surface area contributed by atoms with Crippen LogP contribution < -0.4 is 5.15 Å². The highest BCUT2D eigenvalue weighted by Crippen LogP contribution is 1.94. The van der Waals surface area contributed by atoms with Crippen molar-refractivity contribution in [1.29, 1.82) is 0 Å². The van der Waals surface area contributed by atoms with Crippen molar-refractivity contribution in [3.05, 3.63) is 0 Å². The van der Waals surface area contributed by atoms with Gasteiger partial charge in [-0.25, -0.2) is 5.15 Å². The highest BCUT2D eigenvalue weighted by molar-refractivity contribution is 6.73. The Hall–Kier alpha value is 0.354. The highest BCUT2D eigenvalue weighted by Gasteiger charge is 2.12. The van der Waals surface area contributed by atoms with Crippen LogP contribution in [0.3, 0.4) is 0 Å². The zero-order valence-corrected chi connectivity index (χ0v) is 9.14. The molecule has 0 heterocycles. The Balaban J connectivity index is 3.28. The van der Waals surface area contributed by atoms with Gasteiger partial charge < -0.3 is 4.53 Å². The third-order valence-corrected chi connectivity index (χ3v) is 2.16. The van der Waals surface area contributed by atoms with Gasteiger partial charge in [-0.05, 0) is 13.1 Å². The van der Waals surface area contributed by atoms with E-state index in [0.717, 1.165) is 0 Å². The molecule has 0 aromatic carbocycles. The summed E-state index contributed by atoms with van der Waals surface area (Å²) >= 11 is 0. The zero-order valence-electron chi connectivity index (χ0n) is 6.99. The molecule has 0 saturated heterocycles. The summed E-state index contributed by atoms with van der Waals surface area (Å²) in [4.78, 5) is 0. The van der Waals surface area contributed by atoms with E-state index in [2.05, 4.69) is 37.9 Å². The van der Waals surface area contributed by atoms with Crippen molar-refractivity contribution in [2.75, 3.05) is 0 Å². The fourth-order valence-corrected chi connectivity index (χ4v) is 2.65. The molecule has 0 aromatic rings. The van der Waals surface area contributed by atoms with Crippen molar-refractivity contribution in [1.82, 2.24) is 5.15 Å². The van der Waals surface area contributed by atoms with Crippen LogP contribution in [0.2, 0.25) is 32.7 Å². The van der Waals surface area contributed by atoms with Crippen LogP contribution >= 0.6 is 0 Å². The molecule has 0 fully saturated rings. The smallest absolute Gasteiger partial charge is 0.198 e. The monoisotopic (exact) mass is 163 g/mol. The standard InChI is InChI=1S/C5H17NOSi2/c1-8(2)7-6-9(3,4)5/h6,8H,1-5H3. The number of hydrogen-bond donors (Lipinski definition) is 1. The first-order valence-electron chi connectivity index (χ1n) is 3.34. The lowest BCUT2D eigenvalue weighted by Crippen LogP contribution is -2.43. The zero-order chi connectivity index (χ0) is 7.49. The van der Waals surface area contributed by atoms with Crippen LogP contribution in [0.5, 0.6) is 0 Å². The van der Waals surface area contributed by atoms with E-state index in [1.807, 2.05) is 0 Å². The minimum absolute atomic E-state index is 0.847. The summed E-state index contributed by atoms with van der Waals surface area (Å²) in [6.45, 7) is 11.0. The van der Waals surface area contributed by atoms with E-state index in [0.29, 0.717) is 0 Å². The molecule has 56 valence electrons. The van der Waals surface area contributed by atoms with Crippen LogP contribution in [0.15, 0.2) is 0 Å². The van der Waals surface area contributed by atoms with Crippen LogP contribution in [0.4, 0.5) is 0 Å². The minimum Gasteiger partial charge on any atom is -0.357 e. The lowest BCUT2D eigenvalue weighted by molar-refractivity contribution is 0.271. The van der Waals surface area contributed by atoms with Gasteiger partial charge in [-0.1, -0.05) is 19.6 Å². The number of hydrogen-bond acceptors (Lipinski definition) is 2. The lowest BCUT2D eigenvalue weighted by Gasteiger charge is -2.19. The van der Waals surface area contributed by atoms with Gasteiger partial charge in [-0.2, -0.15) is 0 Å². The second-order valence-corrected chi connectivity index (χ2v) is 10.6. The van der Waals surface area contributed by atoms with Gasteiger partial charge in [0.1, 0.15) is 8.24 Å². The maximum atomic E-state index is 5.36. The molecule has 0 bridgehead atoms. The molecule has 0 spiro atoms. The maximum Gasteiger partial charge on any atom is 0.198 e. The Kier molecular flexibility index (Phi) is 3.64. The number of rotatable bonds is 3. The Morgan fingerprint density at radius 2 is 1.67 bits per heavy atom. The van der Waals surface area contributed by atoms with Crippen LogP contribution in [0, 0.1) is 0 Å². The fraction of sp³-hybridized carbons (Fsp3) is 1.00. The first-order chi connectivity index (χ1) is 3.92. The van der Waals surface area contributed by atoms with Crippen molar-refractivity contribution in [2.24, 2.45) is 0 Å². The van der Waals surface area contributed by atoms with Crippen molar-refractivity contribution >= 4 is 17.3 Å². The quantitative estimate of drug-likeness (QED) is 0.500. The van der Waals surface area contributed by atoms with Gasteiger partial charge in [0, 0.05) is 0 Å². The lowest BCUT2D eigenvalue weighted by atomic mass is 11.8. The minimum atomic E-state index is -1.16. The summed E-state index contributed by atoms with van der Waals surface area (Å²) in [6, 6.07) is 0. The van der Waals surface area contributed by atoms with E-state index >= 15 is 0 Å². The van der Waals surface area contributed by atoms with Crippen molar-refractivity contribution < 1.29 is 4.53 Å². The van der Waals surface area contributed by atoms with Gasteiger partial charge in [-0.3, -0.25) is 0 Å². The SMILES string of the molecule is C[SiH](C)ON[Si](C)(C)C. The third kappa shape index (κ3) is 8.35. The second-order valence-electron chi connectivity index (χ2n) is 3.52. The van der Waals surface area contributed by atoms with Crippen molar-refractivity contribution in [2.45, 2.75) is 32.7 Å². The van der Waals surface area contributed by atoms with Gasteiger partial charge in [-0.15, -0.1) is 0 Å². The second kappa shape index (κ2) is 3.50. The van der Waals surface area contributed by atoms with Crippen LogP contribution in [0.1, 0.15) is 0 Å². The van der Waals surface area contributed by atoms with Gasteiger partial charge in [0.2, 0.25) is 0 Å². The summed E-state index contributed by atoms with van der Waals surface area (Å²) in [5, 5.41) is 3.12. The summed E-state index contributed by atoms with van der Waals surface area (Å²) < 4.78 is 5.36. The molecule has 0 saturated carbocycles. The molecule has 0 aliphatic carbocycles. The van der Waals surface area contributed by atoms with E-state index in [4.69, 9.17) is 4.53 Å². The molecule has 0 aromatic heterocycles. The van der Waals surface area contributed by atoms with Crippen LogP contribution in [-0.4, -0.2) is 17.3 Å². The first kappa shape index (κ1) is 9.35. The molecule has 0 unspecified atom stereocenters. The van der Waals surface area contributed by atoms with Gasteiger partial charge >= 0.3 is 0 Å². The van der Waals surface area contributed by atoms with E-state index in [1.165, 1.54) is 0 Å². The molecule has 4 heteroatoms. The predicted octanol–water partition coefficient (Wildman–Crippen LogP) is 1.33. The van der Waals surface area contributed by atoms with E-state index in [1.54, 1.807) is 0 Å². The average Bonchev–Trinajstić information content (AvgIpc) is 1.59. The van der Waals surface area contributed by atoms with Gasteiger partial charge in [0.15, 0.2) is 9.04 Å². The number of nitrogens with one attached hydrogen (secondary N) is 1. The molecule has 1 N–H and O–H groups in total. The Morgan fingerprint density at radius 1 is 1.22 bits per heavy atom. The van der Waals surface area contributed by atoms with E-state index in [9.17, 15) is 0 Å². The van der Waals surface area contributed by atoms with Crippen LogP contribution in [-0.2, 0) is 4.53 Å².